The number of benzene rings is 3. The zero-order valence-electron chi connectivity index (χ0n) is 16.7. The van der Waals surface area contributed by atoms with Gasteiger partial charge in [-0.05, 0) is 48.7 Å². The van der Waals surface area contributed by atoms with Crippen LogP contribution in [0.3, 0.4) is 0 Å². The number of nitrogens with one attached hydrogen (secondary N) is 1. The van der Waals surface area contributed by atoms with Crippen LogP contribution in [0.4, 0.5) is 4.39 Å². The summed E-state index contributed by atoms with van der Waals surface area (Å²) in [5.41, 5.74) is 4.27. The summed E-state index contributed by atoms with van der Waals surface area (Å²) in [7, 11) is 0. The summed E-state index contributed by atoms with van der Waals surface area (Å²) in [4.78, 5) is 0. The monoisotopic (exact) mass is 413 g/mol. The summed E-state index contributed by atoms with van der Waals surface area (Å²) in [5, 5.41) is 4.02. The van der Waals surface area contributed by atoms with Crippen LogP contribution < -0.4 is 14.8 Å². The van der Waals surface area contributed by atoms with Gasteiger partial charge in [0.05, 0.1) is 6.61 Å². The van der Waals surface area contributed by atoms with Crippen molar-refractivity contribution < 1.29 is 13.9 Å². The Balaban J connectivity index is 1.66. The Bertz CT molecular complexity index is 927. The maximum atomic E-state index is 13.1. The average molecular weight is 414 g/mol. The van der Waals surface area contributed by atoms with E-state index in [0.717, 1.165) is 17.7 Å². The summed E-state index contributed by atoms with van der Waals surface area (Å²) in [5.74, 6) is 0.948. The highest BCUT2D eigenvalue weighted by atomic mass is 35.5. The minimum atomic E-state index is -0.269. The lowest BCUT2D eigenvalue weighted by Crippen LogP contribution is -2.13. The van der Waals surface area contributed by atoms with E-state index in [9.17, 15) is 4.39 Å². The molecule has 0 atom stereocenters. The van der Waals surface area contributed by atoms with Crippen LogP contribution in [0.2, 0.25) is 5.02 Å². The predicted octanol–water partition coefficient (Wildman–Crippen LogP) is 6.06. The van der Waals surface area contributed by atoms with Crippen molar-refractivity contribution in [2.45, 2.75) is 33.5 Å². The molecule has 0 heterocycles. The molecular weight excluding hydrogens is 389 g/mol. The highest BCUT2D eigenvalue weighted by molar-refractivity contribution is 6.31. The van der Waals surface area contributed by atoms with E-state index in [0.29, 0.717) is 36.3 Å². The van der Waals surface area contributed by atoms with Gasteiger partial charge in [0.15, 0.2) is 11.5 Å². The topological polar surface area (TPSA) is 30.5 Å². The van der Waals surface area contributed by atoms with Crippen molar-refractivity contribution in [2.75, 3.05) is 6.61 Å². The normalized spacial score (nSPS) is 10.8. The largest absolute Gasteiger partial charge is 0.490 e. The van der Waals surface area contributed by atoms with Crippen LogP contribution in [-0.2, 0) is 19.7 Å². The molecule has 152 valence electrons. The fourth-order valence-corrected chi connectivity index (χ4v) is 3.10. The molecule has 0 saturated carbocycles. The second-order valence-corrected chi connectivity index (χ2v) is 7.23. The standard InChI is InChI=1S/C24H25ClFNO2/c1-3-28-23-12-20(15-27-14-18-6-4-17(2)5-7-18)22(25)13-24(23)29-16-19-8-10-21(26)11-9-19/h4-13,27H,3,14-16H2,1-2H3. The molecule has 0 spiro atoms. The lowest BCUT2D eigenvalue weighted by atomic mass is 10.1. The van der Waals surface area contributed by atoms with Crippen LogP contribution in [0.25, 0.3) is 0 Å². The fraction of sp³-hybridized carbons (Fsp3) is 0.250. The summed E-state index contributed by atoms with van der Waals surface area (Å²) in [6, 6.07) is 18.3. The second-order valence-electron chi connectivity index (χ2n) is 6.83. The molecule has 29 heavy (non-hydrogen) atoms. The molecule has 0 aromatic heterocycles. The minimum absolute atomic E-state index is 0.269. The summed E-state index contributed by atoms with van der Waals surface area (Å²) in [6.07, 6.45) is 0. The lowest BCUT2D eigenvalue weighted by molar-refractivity contribution is 0.269. The van der Waals surface area contributed by atoms with Gasteiger partial charge in [0, 0.05) is 24.2 Å². The van der Waals surface area contributed by atoms with E-state index in [4.69, 9.17) is 21.1 Å². The van der Waals surface area contributed by atoms with Gasteiger partial charge >= 0.3 is 0 Å². The molecule has 1 N–H and O–H groups in total. The Hall–Kier alpha value is -2.56. The first-order valence-electron chi connectivity index (χ1n) is 9.64. The maximum absolute atomic E-state index is 13.1. The molecule has 3 nitrogen and oxygen atoms in total. The molecule has 0 unspecified atom stereocenters. The number of rotatable bonds is 9. The molecule has 0 aliphatic rings. The number of ether oxygens (including phenoxy) is 2. The Morgan fingerprint density at radius 2 is 1.52 bits per heavy atom. The van der Waals surface area contributed by atoms with Gasteiger partial charge in [-0.25, -0.2) is 4.39 Å². The highest BCUT2D eigenvalue weighted by Gasteiger charge is 2.12. The molecule has 0 aliphatic heterocycles. The molecule has 3 rings (SSSR count). The first-order chi connectivity index (χ1) is 14.0. The third-order valence-electron chi connectivity index (χ3n) is 4.49. The maximum Gasteiger partial charge on any atom is 0.163 e. The number of hydrogen-bond acceptors (Lipinski definition) is 3. The third-order valence-corrected chi connectivity index (χ3v) is 4.84. The van der Waals surface area contributed by atoms with Crippen LogP contribution in [-0.4, -0.2) is 6.61 Å². The predicted molar refractivity (Wildman–Crippen MR) is 115 cm³/mol. The SMILES string of the molecule is CCOc1cc(CNCc2ccc(C)cc2)c(Cl)cc1OCc1ccc(F)cc1. The zero-order valence-corrected chi connectivity index (χ0v) is 17.4. The van der Waals surface area contributed by atoms with Gasteiger partial charge in [0.1, 0.15) is 12.4 Å². The van der Waals surface area contributed by atoms with Gasteiger partial charge < -0.3 is 14.8 Å². The molecule has 0 amide bonds. The number of aryl methyl sites for hydroxylation is 1. The van der Waals surface area contributed by atoms with Crippen molar-refractivity contribution >= 4 is 11.6 Å². The van der Waals surface area contributed by atoms with E-state index in [1.807, 2.05) is 13.0 Å². The molecule has 0 aliphatic carbocycles. The van der Waals surface area contributed by atoms with E-state index in [-0.39, 0.29) is 5.82 Å². The van der Waals surface area contributed by atoms with E-state index in [2.05, 4.69) is 36.5 Å². The molecule has 0 bridgehead atoms. The van der Waals surface area contributed by atoms with E-state index < -0.39 is 0 Å². The Labute approximate surface area is 176 Å². The first kappa shape index (κ1) is 21.2. The van der Waals surface area contributed by atoms with Crippen LogP contribution in [0.1, 0.15) is 29.2 Å². The van der Waals surface area contributed by atoms with Crippen LogP contribution >= 0.6 is 11.6 Å². The van der Waals surface area contributed by atoms with Crippen LogP contribution in [0, 0.1) is 12.7 Å². The fourth-order valence-electron chi connectivity index (χ4n) is 2.88. The van der Waals surface area contributed by atoms with E-state index in [1.165, 1.54) is 23.3 Å². The van der Waals surface area contributed by atoms with Crippen LogP contribution in [0.5, 0.6) is 11.5 Å². The summed E-state index contributed by atoms with van der Waals surface area (Å²) in [6.45, 7) is 6.19. The number of hydrogen-bond donors (Lipinski definition) is 1. The van der Waals surface area contributed by atoms with Gasteiger partial charge in [-0.15, -0.1) is 0 Å². The van der Waals surface area contributed by atoms with E-state index in [1.54, 1.807) is 18.2 Å². The molecule has 0 radical (unpaired) electrons. The van der Waals surface area contributed by atoms with Gasteiger partial charge in [0.2, 0.25) is 0 Å². The van der Waals surface area contributed by atoms with Gasteiger partial charge in [-0.1, -0.05) is 53.6 Å². The van der Waals surface area contributed by atoms with Crippen molar-refractivity contribution in [3.63, 3.8) is 0 Å². The summed E-state index contributed by atoms with van der Waals surface area (Å²) < 4.78 is 24.7. The quantitative estimate of drug-likeness (QED) is 0.462. The van der Waals surface area contributed by atoms with Crippen LogP contribution in [0.15, 0.2) is 60.7 Å². The smallest absolute Gasteiger partial charge is 0.163 e. The number of halogens is 2. The van der Waals surface area contributed by atoms with Gasteiger partial charge in [-0.2, -0.15) is 0 Å². The Morgan fingerprint density at radius 3 is 2.21 bits per heavy atom. The second kappa shape index (κ2) is 10.3. The molecule has 3 aromatic carbocycles. The summed E-state index contributed by atoms with van der Waals surface area (Å²) >= 11 is 6.48. The lowest BCUT2D eigenvalue weighted by Gasteiger charge is -2.15. The van der Waals surface area contributed by atoms with Gasteiger partial charge in [0.25, 0.3) is 0 Å². The van der Waals surface area contributed by atoms with Gasteiger partial charge in [-0.3, -0.25) is 0 Å². The highest BCUT2D eigenvalue weighted by Crippen LogP contribution is 2.34. The van der Waals surface area contributed by atoms with E-state index >= 15 is 0 Å². The molecule has 0 fully saturated rings. The average Bonchev–Trinajstić information content (AvgIpc) is 2.72. The van der Waals surface area contributed by atoms with Crippen molar-refractivity contribution in [1.82, 2.24) is 5.32 Å². The Kier molecular flexibility index (Phi) is 7.50. The van der Waals surface area contributed by atoms with Crippen molar-refractivity contribution in [1.29, 1.82) is 0 Å². The molecule has 3 aromatic rings. The molecule has 0 saturated heterocycles. The minimum Gasteiger partial charge on any atom is -0.490 e. The molecular formula is C24H25ClFNO2. The van der Waals surface area contributed by atoms with Crippen molar-refractivity contribution in [3.8, 4) is 11.5 Å². The van der Waals surface area contributed by atoms with Crippen molar-refractivity contribution in [3.05, 3.63) is 93.8 Å². The zero-order chi connectivity index (χ0) is 20.6. The Morgan fingerprint density at radius 1 is 0.862 bits per heavy atom. The molecule has 5 heteroatoms. The third kappa shape index (κ3) is 6.21. The van der Waals surface area contributed by atoms with Crippen molar-refractivity contribution in [2.24, 2.45) is 0 Å². The first-order valence-corrected chi connectivity index (χ1v) is 10.0.